The number of urea groups is 1. The zero-order chi connectivity index (χ0) is 19.6. The number of nitrogens with zero attached hydrogens (tertiary/aromatic N) is 1. The van der Waals surface area contributed by atoms with E-state index in [-0.39, 0.29) is 5.92 Å². The second kappa shape index (κ2) is 7.75. The van der Waals surface area contributed by atoms with E-state index in [2.05, 4.69) is 15.6 Å². The highest BCUT2D eigenvalue weighted by Gasteiger charge is 2.23. The number of nitrogens with one attached hydrogen (secondary N) is 2. The predicted octanol–water partition coefficient (Wildman–Crippen LogP) is 4.50. The Morgan fingerprint density at radius 1 is 1.15 bits per heavy atom. The number of benzene rings is 2. The van der Waals surface area contributed by atoms with Crippen LogP contribution in [0.4, 0.5) is 10.5 Å². The molecule has 1 aromatic heterocycles. The monoisotopic (exact) mass is 383 g/mol. The topological polar surface area (TPSA) is 91.3 Å². The smallest absolute Gasteiger partial charge is 0.326 e. The number of aryl methyl sites for hydroxylation is 1. The summed E-state index contributed by atoms with van der Waals surface area (Å²) in [5.41, 5.74) is 3.44. The summed E-state index contributed by atoms with van der Waals surface area (Å²) in [6.07, 6.45) is 0. The van der Waals surface area contributed by atoms with E-state index < -0.39 is 18.0 Å². The molecule has 1 atom stereocenters. The molecule has 0 aliphatic rings. The third-order valence-corrected chi connectivity index (χ3v) is 5.32. The Morgan fingerprint density at radius 2 is 1.89 bits per heavy atom. The summed E-state index contributed by atoms with van der Waals surface area (Å²) in [7, 11) is 0. The van der Waals surface area contributed by atoms with Crippen LogP contribution >= 0.6 is 11.3 Å². The molecule has 1 unspecified atom stereocenters. The number of thiazole rings is 1. The summed E-state index contributed by atoms with van der Waals surface area (Å²) in [4.78, 5) is 28.0. The molecule has 3 rings (SSSR count). The molecular weight excluding hydrogens is 362 g/mol. The maximum atomic E-state index is 12.2. The van der Waals surface area contributed by atoms with Gasteiger partial charge in [0.25, 0.3) is 0 Å². The van der Waals surface area contributed by atoms with Crippen LogP contribution in [0, 0.1) is 12.8 Å². The van der Waals surface area contributed by atoms with Crippen LogP contribution in [0.5, 0.6) is 0 Å². The molecule has 2 amide bonds. The first-order chi connectivity index (χ1) is 12.8. The number of carbonyl (C=O) groups excluding carboxylic acids is 1. The molecule has 0 saturated carbocycles. The molecule has 0 radical (unpaired) electrons. The summed E-state index contributed by atoms with van der Waals surface area (Å²) in [5.74, 6) is -1.26. The number of para-hydroxylation sites is 1. The van der Waals surface area contributed by atoms with Gasteiger partial charge in [0.15, 0.2) is 0 Å². The molecule has 7 heteroatoms. The second-order valence-electron chi connectivity index (χ2n) is 6.67. The number of carbonyl (C=O) groups is 2. The fraction of sp³-hybridized carbons (Fsp3) is 0.250. The molecule has 2 aromatic carbocycles. The second-order valence-corrected chi connectivity index (χ2v) is 7.71. The highest BCUT2D eigenvalue weighted by Crippen LogP contribution is 2.31. The van der Waals surface area contributed by atoms with Gasteiger partial charge in [-0.15, -0.1) is 11.3 Å². The first kappa shape index (κ1) is 18.8. The molecule has 3 N–H and O–H groups in total. The summed E-state index contributed by atoms with van der Waals surface area (Å²) in [6.45, 7) is 5.39. The van der Waals surface area contributed by atoms with Crippen molar-refractivity contribution < 1.29 is 14.7 Å². The van der Waals surface area contributed by atoms with Crippen molar-refractivity contribution in [2.75, 3.05) is 5.32 Å². The number of hydrogen-bond donors (Lipinski definition) is 3. The maximum Gasteiger partial charge on any atom is 0.326 e. The molecule has 0 spiro atoms. The van der Waals surface area contributed by atoms with E-state index in [1.807, 2.05) is 49.4 Å². The third kappa shape index (κ3) is 4.25. The Balaban J connectivity index is 1.76. The van der Waals surface area contributed by atoms with Crippen molar-refractivity contribution in [3.8, 4) is 10.6 Å². The number of fused-ring (bicyclic) bond motifs is 1. The number of carboxylic acids is 1. The van der Waals surface area contributed by atoms with Crippen molar-refractivity contribution in [3.05, 3.63) is 48.0 Å². The van der Waals surface area contributed by atoms with Crippen molar-refractivity contribution in [2.24, 2.45) is 5.92 Å². The average molecular weight is 383 g/mol. The third-order valence-electron chi connectivity index (χ3n) is 4.23. The highest BCUT2D eigenvalue weighted by molar-refractivity contribution is 7.21. The molecule has 0 aliphatic heterocycles. The van der Waals surface area contributed by atoms with Gasteiger partial charge in [0, 0.05) is 11.3 Å². The van der Waals surface area contributed by atoms with Crippen molar-refractivity contribution in [2.45, 2.75) is 26.8 Å². The number of amides is 2. The van der Waals surface area contributed by atoms with Crippen LogP contribution in [0.3, 0.4) is 0 Å². The van der Waals surface area contributed by atoms with E-state index in [0.29, 0.717) is 5.69 Å². The van der Waals surface area contributed by atoms with Gasteiger partial charge in [-0.3, -0.25) is 0 Å². The van der Waals surface area contributed by atoms with Gasteiger partial charge >= 0.3 is 12.0 Å². The lowest BCUT2D eigenvalue weighted by Gasteiger charge is -2.18. The van der Waals surface area contributed by atoms with Gasteiger partial charge in [-0.25, -0.2) is 14.6 Å². The molecule has 0 saturated heterocycles. The van der Waals surface area contributed by atoms with Crippen LogP contribution in [-0.2, 0) is 4.79 Å². The minimum Gasteiger partial charge on any atom is -0.480 e. The van der Waals surface area contributed by atoms with Gasteiger partial charge in [-0.2, -0.15) is 0 Å². The number of anilines is 1. The highest BCUT2D eigenvalue weighted by atomic mass is 32.1. The van der Waals surface area contributed by atoms with Gasteiger partial charge in [0.05, 0.1) is 10.2 Å². The maximum absolute atomic E-state index is 12.2. The number of hydrogen-bond acceptors (Lipinski definition) is 4. The Labute approximate surface area is 161 Å². The minimum atomic E-state index is -1.05. The van der Waals surface area contributed by atoms with Crippen LogP contribution < -0.4 is 10.6 Å². The lowest BCUT2D eigenvalue weighted by atomic mass is 10.1. The first-order valence-corrected chi connectivity index (χ1v) is 9.43. The van der Waals surface area contributed by atoms with E-state index in [1.54, 1.807) is 25.2 Å². The zero-order valence-electron chi connectivity index (χ0n) is 15.3. The minimum absolute atomic E-state index is 0.212. The molecule has 140 valence electrons. The summed E-state index contributed by atoms with van der Waals surface area (Å²) < 4.78 is 1.13. The first-order valence-electron chi connectivity index (χ1n) is 8.62. The van der Waals surface area contributed by atoms with Gasteiger partial charge < -0.3 is 15.7 Å². The van der Waals surface area contributed by atoms with Crippen LogP contribution in [0.1, 0.15) is 19.4 Å². The van der Waals surface area contributed by atoms with Crippen molar-refractivity contribution in [1.29, 1.82) is 0 Å². The fourth-order valence-corrected chi connectivity index (χ4v) is 3.71. The lowest BCUT2D eigenvalue weighted by molar-refractivity contribution is -0.140. The van der Waals surface area contributed by atoms with E-state index >= 15 is 0 Å². The van der Waals surface area contributed by atoms with E-state index in [9.17, 15) is 14.7 Å². The molecule has 3 aromatic rings. The summed E-state index contributed by atoms with van der Waals surface area (Å²) in [5, 5.41) is 15.3. The molecule has 1 heterocycles. The van der Waals surface area contributed by atoms with Crippen LogP contribution in [0.25, 0.3) is 20.8 Å². The number of aromatic nitrogens is 1. The SMILES string of the molecule is Cc1cc(-c2nc3ccccc3s2)ccc1NC(=O)NC(C(=O)O)C(C)C. The normalized spacial score (nSPS) is 12.1. The van der Waals surface area contributed by atoms with Crippen molar-refractivity contribution in [3.63, 3.8) is 0 Å². The Hall–Kier alpha value is -2.93. The predicted molar refractivity (Wildman–Crippen MR) is 108 cm³/mol. The van der Waals surface area contributed by atoms with Crippen molar-refractivity contribution >= 4 is 39.2 Å². The quantitative estimate of drug-likeness (QED) is 0.605. The van der Waals surface area contributed by atoms with Gasteiger partial charge in [0.1, 0.15) is 11.0 Å². The molecule has 6 nitrogen and oxygen atoms in total. The van der Waals surface area contributed by atoms with Crippen LogP contribution in [0.15, 0.2) is 42.5 Å². The molecule has 0 fully saturated rings. The number of aliphatic carboxylic acids is 1. The lowest BCUT2D eigenvalue weighted by Crippen LogP contribution is -2.46. The molecule has 0 bridgehead atoms. The van der Waals surface area contributed by atoms with E-state index in [4.69, 9.17) is 0 Å². The van der Waals surface area contributed by atoms with Gasteiger partial charge in [0.2, 0.25) is 0 Å². The zero-order valence-corrected chi connectivity index (χ0v) is 16.1. The van der Waals surface area contributed by atoms with Gasteiger partial charge in [-0.05, 0) is 48.7 Å². The number of rotatable bonds is 5. The molecule has 27 heavy (non-hydrogen) atoms. The van der Waals surface area contributed by atoms with Crippen molar-refractivity contribution in [1.82, 2.24) is 10.3 Å². The largest absolute Gasteiger partial charge is 0.480 e. The Bertz CT molecular complexity index is 964. The fourth-order valence-electron chi connectivity index (χ4n) is 2.75. The van der Waals surface area contributed by atoms with E-state index in [0.717, 1.165) is 26.4 Å². The average Bonchev–Trinajstić information content (AvgIpc) is 3.05. The Morgan fingerprint density at radius 3 is 2.52 bits per heavy atom. The van der Waals surface area contributed by atoms with Gasteiger partial charge in [-0.1, -0.05) is 26.0 Å². The summed E-state index contributed by atoms with van der Waals surface area (Å²) >= 11 is 1.62. The molecule has 0 aliphatic carbocycles. The Kier molecular flexibility index (Phi) is 5.41. The van der Waals surface area contributed by atoms with Crippen LogP contribution in [-0.4, -0.2) is 28.1 Å². The summed E-state index contributed by atoms with van der Waals surface area (Å²) in [6, 6.07) is 12.2. The van der Waals surface area contributed by atoms with Crippen LogP contribution in [0.2, 0.25) is 0 Å². The molecular formula is C20H21N3O3S. The number of carboxylic acid groups (broad SMARTS) is 1. The van der Waals surface area contributed by atoms with E-state index in [1.165, 1.54) is 0 Å². The standard InChI is InChI=1S/C20H21N3O3S/c1-11(2)17(19(24)25)23-20(26)22-14-9-8-13(10-12(14)3)18-21-15-6-4-5-7-16(15)27-18/h4-11,17H,1-3H3,(H,24,25)(H2,22,23,26).